The van der Waals surface area contributed by atoms with E-state index in [0.717, 1.165) is 0 Å². The van der Waals surface area contributed by atoms with Gasteiger partial charge in [0, 0.05) is 0 Å². The highest BCUT2D eigenvalue weighted by Gasteiger charge is 2.62. The van der Waals surface area contributed by atoms with Crippen LogP contribution in [0.25, 0.3) is 0 Å². The normalized spacial score (nSPS) is 14.0. The van der Waals surface area contributed by atoms with Crippen LogP contribution in [0.15, 0.2) is 24.3 Å². The molecular weight excluding hydrogens is 293 g/mol. The Labute approximate surface area is 120 Å². The van der Waals surface area contributed by atoms with Crippen molar-refractivity contribution in [3.63, 3.8) is 0 Å². The Morgan fingerprint density at radius 1 is 1.05 bits per heavy atom. The maximum atomic E-state index is 13.6. The van der Waals surface area contributed by atoms with Crippen molar-refractivity contribution in [2.75, 3.05) is 13.2 Å². The monoisotopic (exact) mass is 311 g/mol. The van der Waals surface area contributed by atoms with Gasteiger partial charge in [-0.25, -0.2) is 0 Å². The number of alkyl halides is 5. The average molecular weight is 311 g/mol. The molecule has 2 nitrogen and oxygen atoms in total. The third-order valence-electron chi connectivity index (χ3n) is 2.86. The molecule has 1 aromatic rings. The molecule has 0 spiro atoms. The van der Waals surface area contributed by atoms with E-state index in [4.69, 9.17) is 4.74 Å². The van der Waals surface area contributed by atoms with Crippen LogP contribution in [0, 0.1) is 0 Å². The van der Waals surface area contributed by atoms with Gasteiger partial charge in [-0.05, 0) is 37.6 Å². The first-order valence-corrected chi connectivity index (χ1v) is 6.64. The fraction of sp³-hybridized carbons (Fsp3) is 0.571. The SMILES string of the molecule is CCCNC(c1ccc(OCC)cc1)C(F)(F)C(F)(F)F. The van der Waals surface area contributed by atoms with E-state index >= 15 is 0 Å². The number of halogens is 5. The molecule has 0 amide bonds. The lowest BCUT2D eigenvalue weighted by Crippen LogP contribution is -2.48. The number of hydrogen-bond donors (Lipinski definition) is 1. The van der Waals surface area contributed by atoms with Crippen LogP contribution < -0.4 is 10.1 Å². The highest BCUT2D eigenvalue weighted by molar-refractivity contribution is 5.30. The van der Waals surface area contributed by atoms with Crippen LogP contribution in [-0.4, -0.2) is 25.3 Å². The van der Waals surface area contributed by atoms with E-state index in [1.165, 1.54) is 24.3 Å². The van der Waals surface area contributed by atoms with Gasteiger partial charge in [-0.2, -0.15) is 22.0 Å². The molecule has 0 aromatic heterocycles. The van der Waals surface area contributed by atoms with E-state index in [0.29, 0.717) is 18.8 Å². The fourth-order valence-electron chi connectivity index (χ4n) is 1.83. The zero-order chi connectivity index (χ0) is 16.1. The Morgan fingerprint density at radius 2 is 1.62 bits per heavy atom. The van der Waals surface area contributed by atoms with Crippen molar-refractivity contribution >= 4 is 0 Å². The Morgan fingerprint density at radius 3 is 2.05 bits per heavy atom. The molecule has 0 heterocycles. The molecule has 0 saturated heterocycles. The van der Waals surface area contributed by atoms with Gasteiger partial charge in [0.05, 0.1) is 6.61 Å². The van der Waals surface area contributed by atoms with Gasteiger partial charge in [0.1, 0.15) is 11.8 Å². The van der Waals surface area contributed by atoms with Crippen LogP contribution in [-0.2, 0) is 0 Å². The van der Waals surface area contributed by atoms with Gasteiger partial charge < -0.3 is 10.1 Å². The summed E-state index contributed by atoms with van der Waals surface area (Å²) in [6, 6.07) is 3.08. The van der Waals surface area contributed by atoms with Crippen molar-refractivity contribution in [3.8, 4) is 5.75 Å². The van der Waals surface area contributed by atoms with Gasteiger partial charge in [0.25, 0.3) is 0 Å². The lowest BCUT2D eigenvalue weighted by Gasteiger charge is -2.29. The topological polar surface area (TPSA) is 21.3 Å². The second-order valence-electron chi connectivity index (χ2n) is 4.51. The van der Waals surface area contributed by atoms with Crippen LogP contribution in [0.4, 0.5) is 22.0 Å². The summed E-state index contributed by atoms with van der Waals surface area (Å²) in [4.78, 5) is 0. The van der Waals surface area contributed by atoms with Crippen LogP contribution in [0.3, 0.4) is 0 Å². The molecule has 0 aliphatic carbocycles. The van der Waals surface area contributed by atoms with E-state index in [2.05, 4.69) is 5.32 Å². The Balaban J connectivity index is 3.07. The molecule has 21 heavy (non-hydrogen) atoms. The van der Waals surface area contributed by atoms with Crippen LogP contribution in [0.5, 0.6) is 5.75 Å². The molecule has 0 radical (unpaired) electrons. The molecule has 0 saturated carbocycles. The van der Waals surface area contributed by atoms with Crippen molar-refractivity contribution in [1.29, 1.82) is 0 Å². The molecule has 1 N–H and O–H groups in total. The van der Waals surface area contributed by atoms with Gasteiger partial charge in [-0.1, -0.05) is 19.1 Å². The molecule has 1 aromatic carbocycles. The molecule has 0 fully saturated rings. The summed E-state index contributed by atoms with van der Waals surface area (Å²) < 4.78 is 70.2. The lowest BCUT2D eigenvalue weighted by atomic mass is 9.99. The predicted molar refractivity (Wildman–Crippen MR) is 69.6 cm³/mol. The minimum atomic E-state index is -5.61. The van der Waals surface area contributed by atoms with Crippen molar-refractivity contribution in [3.05, 3.63) is 29.8 Å². The zero-order valence-corrected chi connectivity index (χ0v) is 11.8. The number of nitrogens with one attached hydrogen (secondary N) is 1. The van der Waals surface area contributed by atoms with E-state index in [1.54, 1.807) is 13.8 Å². The molecule has 7 heteroatoms. The molecule has 0 aliphatic rings. The molecule has 1 rings (SSSR count). The molecular formula is C14H18F5NO. The third kappa shape index (κ3) is 4.30. The Hall–Kier alpha value is -1.37. The van der Waals surface area contributed by atoms with Crippen molar-refractivity contribution in [1.82, 2.24) is 5.32 Å². The van der Waals surface area contributed by atoms with E-state index < -0.39 is 18.1 Å². The first kappa shape index (κ1) is 17.7. The number of ether oxygens (including phenoxy) is 1. The summed E-state index contributed by atoms with van der Waals surface area (Å²) in [7, 11) is 0. The lowest BCUT2D eigenvalue weighted by molar-refractivity contribution is -0.294. The quantitative estimate of drug-likeness (QED) is 0.757. The van der Waals surface area contributed by atoms with Crippen LogP contribution >= 0.6 is 0 Å². The van der Waals surface area contributed by atoms with Crippen molar-refractivity contribution < 1.29 is 26.7 Å². The molecule has 120 valence electrons. The highest BCUT2D eigenvalue weighted by atomic mass is 19.4. The number of benzene rings is 1. The molecule has 1 atom stereocenters. The minimum Gasteiger partial charge on any atom is -0.494 e. The molecule has 0 bridgehead atoms. The fourth-order valence-corrected chi connectivity index (χ4v) is 1.83. The summed E-state index contributed by atoms with van der Waals surface area (Å²) >= 11 is 0. The summed E-state index contributed by atoms with van der Waals surface area (Å²) in [5.41, 5.74) is -0.130. The molecule has 0 aliphatic heterocycles. The van der Waals surface area contributed by atoms with Crippen LogP contribution in [0.2, 0.25) is 0 Å². The first-order valence-electron chi connectivity index (χ1n) is 6.64. The molecule has 1 unspecified atom stereocenters. The summed E-state index contributed by atoms with van der Waals surface area (Å²) in [6.45, 7) is 3.88. The highest BCUT2D eigenvalue weighted by Crippen LogP contribution is 2.44. The summed E-state index contributed by atoms with van der Waals surface area (Å²) in [5, 5.41) is 2.27. The number of hydrogen-bond acceptors (Lipinski definition) is 2. The smallest absolute Gasteiger partial charge is 0.455 e. The standard InChI is InChI=1S/C14H18F5NO/c1-3-9-20-12(13(15,16)14(17,18)19)10-5-7-11(8-6-10)21-4-2/h5-8,12,20H,3-4,9H2,1-2H3. The number of rotatable bonds is 7. The predicted octanol–water partition coefficient (Wildman–Crippen LogP) is 4.32. The zero-order valence-electron chi connectivity index (χ0n) is 11.8. The van der Waals surface area contributed by atoms with Crippen molar-refractivity contribution in [2.24, 2.45) is 0 Å². The van der Waals surface area contributed by atoms with Gasteiger partial charge in [0.2, 0.25) is 0 Å². The van der Waals surface area contributed by atoms with Gasteiger partial charge in [-0.15, -0.1) is 0 Å². The van der Waals surface area contributed by atoms with Gasteiger partial charge in [-0.3, -0.25) is 0 Å². The first-order chi connectivity index (χ1) is 9.74. The van der Waals surface area contributed by atoms with Gasteiger partial charge >= 0.3 is 12.1 Å². The maximum Gasteiger partial charge on any atom is 0.455 e. The maximum absolute atomic E-state index is 13.6. The van der Waals surface area contributed by atoms with E-state index in [-0.39, 0.29) is 12.1 Å². The second kappa shape index (κ2) is 7.06. The Kier molecular flexibility index (Phi) is 5.95. The van der Waals surface area contributed by atoms with E-state index in [1.807, 2.05) is 0 Å². The third-order valence-corrected chi connectivity index (χ3v) is 2.86. The van der Waals surface area contributed by atoms with Gasteiger partial charge in [0.15, 0.2) is 0 Å². The largest absolute Gasteiger partial charge is 0.494 e. The van der Waals surface area contributed by atoms with E-state index in [9.17, 15) is 22.0 Å². The van der Waals surface area contributed by atoms with Crippen molar-refractivity contribution in [2.45, 2.75) is 38.4 Å². The Bertz CT molecular complexity index is 430. The summed E-state index contributed by atoms with van der Waals surface area (Å²) in [6.07, 6.45) is -5.17. The average Bonchev–Trinajstić information content (AvgIpc) is 2.40. The second-order valence-corrected chi connectivity index (χ2v) is 4.51. The summed E-state index contributed by atoms with van der Waals surface area (Å²) in [5.74, 6) is -4.43. The van der Waals surface area contributed by atoms with Crippen LogP contribution in [0.1, 0.15) is 31.9 Å². The minimum absolute atomic E-state index is 0.0591.